The van der Waals surface area contributed by atoms with Crippen molar-refractivity contribution in [2.45, 2.75) is 13.0 Å². The van der Waals surface area contributed by atoms with Gasteiger partial charge in [0.25, 0.3) is 0 Å². The van der Waals surface area contributed by atoms with E-state index in [2.05, 4.69) is 21.4 Å². The molecule has 0 amide bonds. The largest absolute Gasteiger partial charge is 0.271 e. The first-order valence-electron chi connectivity index (χ1n) is 5.08. The van der Waals surface area contributed by atoms with E-state index in [-0.39, 0.29) is 11.9 Å². The van der Waals surface area contributed by atoms with Gasteiger partial charge in [-0.25, -0.2) is 9.82 Å². The van der Waals surface area contributed by atoms with Gasteiger partial charge in [0.2, 0.25) is 0 Å². The van der Waals surface area contributed by atoms with Crippen LogP contribution in [-0.4, -0.2) is 0 Å². The summed E-state index contributed by atoms with van der Waals surface area (Å²) in [6, 6.07) is 6.64. The standard InChI is InChI=1S/C12H12BrFN2S/c1-7-2-3-17-12(7)11(16-15)8-4-9(13)6-10(14)5-8/h2-6,11,16H,15H2,1H3. The molecule has 1 heterocycles. The highest BCUT2D eigenvalue weighted by molar-refractivity contribution is 9.10. The fraction of sp³-hybridized carbons (Fsp3) is 0.167. The molecular weight excluding hydrogens is 303 g/mol. The Balaban J connectivity index is 2.45. The molecule has 0 radical (unpaired) electrons. The average molecular weight is 315 g/mol. The van der Waals surface area contributed by atoms with E-state index in [1.54, 1.807) is 11.3 Å². The summed E-state index contributed by atoms with van der Waals surface area (Å²) in [5, 5.41) is 2.00. The van der Waals surface area contributed by atoms with Gasteiger partial charge in [0, 0.05) is 9.35 Å². The van der Waals surface area contributed by atoms with Crippen LogP contribution in [-0.2, 0) is 0 Å². The number of rotatable bonds is 3. The van der Waals surface area contributed by atoms with Gasteiger partial charge in [-0.1, -0.05) is 15.9 Å². The molecule has 17 heavy (non-hydrogen) atoms. The number of aryl methyl sites for hydroxylation is 1. The first-order valence-corrected chi connectivity index (χ1v) is 6.75. The summed E-state index contributed by atoms with van der Waals surface area (Å²) in [5.74, 6) is 5.31. The third-order valence-corrected chi connectivity index (χ3v) is 4.09. The summed E-state index contributed by atoms with van der Waals surface area (Å²) in [5.41, 5.74) is 4.70. The Morgan fingerprint density at radius 2 is 2.18 bits per heavy atom. The fourth-order valence-electron chi connectivity index (χ4n) is 1.75. The maximum absolute atomic E-state index is 13.4. The molecule has 0 aliphatic heterocycles. The first-order chi connectivity index (χ1) is 8.11. The second-order valence-corrected chi connectivity index (χ2v) is 5.63. The molecule has 3 N–H and O–H groups in total. The van der Waals surface area contributed by atoms with Crippen molar-refractivity contribution in [2.24, 2.45) is 5.84 Å². The van der Waals surface area contributed by atoms with Crippen LogP contribution in [0.5, 0.6) is 0 Å². The van der Waals surface area contributed by atoms with Crippen LogP contribution >= 0.6 is 27.3 Å². The zero-order chi connectivity index (χ0) is 12.4. The molecule has 2 rings (SSSR count). The summed E-state index contributed by atoms with van der Waals surface area (Å²) in [7, 11) is 0. The summed E-state index contributed by atoms with van der Waals surface area (Å²) in [4.78, 5) is 1.10. The third-order valence-electron chi connectivity index (χ3n) is 2.55. The van der Waals surface area contributed by atoms with Crippen molar-refractivity contribution >= 4 is 27.3 Å². The highest BCUT2D eigenvalue weighted by Gasteiger charge is 2.17. The topological polar surface area (TPSA) is 38.0 Å². The number of nitrogens with one attached hydrogen (secondary N) is 1. The Morgan fingerprint density at radius 3 is 2.71 bits per heavy atom. The lowest BCUT2D eigenvalue weighted by molar-refractivity contribution is 0.607. The predicted molar refractivity (Wildman–Crippen MR) is 72.3 cm³/mol. The van der Waals surface area contributed by atoms with Crippen LogP contribution in [0.4, 0.5) is 4.39 Å². The van der Waals surface area contributed by atoms with Crippen molar-refractivity contribution in [1.29, 1.82) is 0 Å². The van der Waals surface area contributed by atoms with Crippen LogP contribution in [0.15, 0.2) is 34.1 Å². The van der Waals surface area contributed by atoms with E-state index in [0.29, 0.717) is 4.47 Å². The van der Waals surface area contributed by atoms with Gasteiger partial charge in [-0.05, 0) is 47.7 Å². The molecule has 1 aromatic heterocycles. The molecule has 2 aromatic rings. The van der Waals surface area contributed by atoms with Gasteiger partial charge in [0.05, 0.1) is 6.04 Å². The predicted octanol–water partition coefficient (Wildman–Crippen LogP) is 3.51. The highest BCUT2D eigenvalue weighted by atomic mass is 79.9. The van der Waals surface area contributed by atoms with Gasteiger partial charge in [-0.2, -0.15) is 0 Å². The quantitative estimate of drug-likeness (QED) is 0.672. The van der Waals surface area contributed by atoms with Crippen molar-refractivity contribution < 1.29 is 4.39 Å². The maximum Gasteiger partial charge on any atom is 0.124 e. The number of nitrogens with two attached hydrogens (primary N) is 1. The summed E-state index contributed by atoms with van der Waals surface area (Å²) in [6.07, 6.45) is 0. The summed E-state index contributed by atoms with van der Waals surface area (Å²) >= 11 is 4.90. The summed E-state index contributed by atoms with van der Waals surface area (Å²) < 4.78 is 14.1. The minimum absolute atomic E-state index is 0.179. The monoisotopic (exact) mass is 314 g/mol. The van der Waals surface area contributed by atoms with Gasteiger partial charge in [0.15, 0.2) is 0 Å². The van der Waals surface area contributed by atoms with Crippen LogP contribution in [0.25, 0.3) is 0 Å². The van der Waals surface area contributed by atoms with Gasteiger partial charge < -0.3 is 0 Å². The van der Waals surface area contributed by atoms with E-state index >= 15 is 0 Å². The van der Waals surface area contributed by atoms with Crippen LogP contribution in [0.3, 0.4) is 0 Å². The minimum atomic E-state index is -0.274. The third kappa shape index (κ3) is 2.74. The molecule has 90 valence electrons. The summed E-state index contributed by atoms with van der Waals surface area (Å²) in [6.45, 7) is 2.02. The molecule has 1 unspecified atom stereocenters. The SMILES string of the molecule is Cc1ccsc1C(NN)c1cc(F)cc(Br)c1. The smallest absolute Gasteiger partial charge is 0.124 e. The van der Waals surface area contributed by atoms with Crippen LogP contribution in [0.2, 0.25) is 0 Å². The number of halogens is 2. The van der Waals surface area contributed by atoms with E-state index < -0.39 is 0 Å². The Labute approximate surface area is 112 Å². The van der Waals surface area contributed by atoms with Crippen molar-refractivity contribution in [3.63, 3.8) is 0 Å². The van der Waals surface area contributed by atoms with Crippen molar-refractivity contribution in [3.8, 4) is 0 Å². The molecule has 0 fully saturated rings. The molecule has 2 nitrogen and oxygen atoms in total. The molecule has 5 heteroatoms. The number of hydrazine groups is 1. The lowest BCUT2D eigenvalue weighted by Gasteiger charge is -2.16. The Hall–Kier alpha value is -0.750. The zero-order valence-electron chi connectivity index (χ0n) is 9.21. The van der Waals surface area contributed by atoms with Gasteiger partial charge in [-0.3, -0.25) is 5.84 Å². The normalized spacial score (nSPS) is 12.7. The zero-order valence-corrected chi connectivity index (χ0v) is 11.6. The molecule has 0 bridgehead atoms. The number of hydrogen-bond acceptors (Lipinski definition) is 3. The van der Waals surface area contributed by atoms with E-state index in [0.717, 1.165) is 16.0 Å². The van der Waals surface area contributed by atoms with Crippen molar-refractivity contribution in [3.05, 3.63) is 55.9 Å². The molecule has 0 saturated carbocycles. The van der Waals surface area contributed by atoms with E-state index in [1.165, 1.54) is 12.1 Å². The fourth-order valence-corrected chi connectivity index (χ4v) is 3.24. The van der Waals surface area contributed by atoms with Crippen molar-refractivity contribution in [2.75, 3.05) is 0 Å². The van der Waals surface area contributed by atoms with Crippen LogP contribution < -0.4 is 11.3 Å². The Bertz CT molecular complexity index is 507. The van der Waals surface area contributed by atoms with E-state index in [9.17, 15) is 4.39 Å². The van der Waals surface area contributed by atoms with Gasteiger partial charge >= 0.3 is 0 Å². The Morgan fingerprint density at radius 1 is 1.41 bits per heavy atom. The lowest BCUT2D eigenvalue weighted by atomic mass is 10.0. The molecule has 0 aliphatic rings. The first kappa shape index (κ1) is 12.7. The molecule has 0 aliphatic carbocycles. The second-order valence-electron chi connectivity index (χ2n) is 3.77. The molecular formula is C12H12BrFN2S. The maximum atomic E-state index is 13.4. The molecule has 1 atom stereocenters. The number of hydrogen-bond donors (Lipinski definition) is 2. The number of benzene rings is 1. The number of thiophene rings is 1. The van der Waals surface area contributed by atoms with Crippen molar-refractivity contribution in [1.82, 2.24) is 5.43 Å². The Kier molecular flexibility index (Phi) is 3.93. The van der Waals surface area contributed by atoms with Gasteiger partial charge in [0.1, 0.15) is 5.82 Å². The van der Waals surface area contributed by atoms with E-state index in [1.807, 2.05) is 24.4 Å². The average Bonchev–Trinajstić information content (AvgIpc) is 2.65. The van der Waals surface area contributed by atoms with E-state index in [4.69, 9.17) is 5.84 Å². The highest BCUT2D eigenvalue weighted by Crippen LogP contribution is 2.30. The second kappa shape index (κ2) is 5.27. The van der Waals surface area contributed by atoms with Gasteiger partial charge in [-0.15, -0.1) is 11.3 Å². The van der Waals surface area contributed by atoms with Crippen LogP contribution in [0, 0.1) is 12.7 Å². The molecule has 1 aromatic carbocycles. The molecule has 0 spiro atoms. The minimum Gasteiger partial charge on any atom is -0.271 e. The molecule has 0 saturated heterocycles. The van der Waals surface area contributed by atoms with Crippen LogP contribution in [0.1, 0.15) is 22.0 Å². The lowest BCUT2D eigenvalue weighted by Crippen LogP contribution is -2.28.